The second kappa shape index (κ2) is 28.1. The van der Waals surface area contributed by atoms with Gasteiger partial charge >= 0.3 is 12.2 Å². The minimum absolute atomic E-state index is 0.159. The average molecular weight is 887 g/mol. The van der Waals surface area contributed by atoms with Crippen LogP contribution in [0.5, 0.6) is 5.75 Å². The molecule has 0 fully saturated rings. The van der Waals surface area contributed by atoms with Gasteiger partial charge in [0.15, 0.2) is 0 Å². The lowest BCUT2D eigenvalue weighted by molar-refractivity contribution is -0.134. The molecule has 1 aliphatic heterocycles. The minimum atomic E-state index is -0.698. The minimum Gasteiger partial charge on any atom is -0.488 e. The lowest BCUT2D eigenvalue weighted by Gasteiger charge is -2.26. The number of methoxy groups -OCH3 is 3. The van der Waals surface area contributed by atoms with Crippen LogP contribution in [0.3, 0.4) is 0 Å². The molecule has 0 aliphatic carbocycles. The van der Waals surface area contributed by atoms with Gasteiger partial charge in [-0.25, -0.2) is 19.6 Å². The molecular weight excluding hydrogens is 821 g/mol. The molecule has 17 heteroatoms. The fourth-order valence-corrected chi connectivity index (χ4v) is 6.72. The number of carbonyl (C=O) groups excluding carboxylic acids is 4. The Morgan fingerprint density at radius 3 is 2.11 bits per heavy atom. The Balaban J connectivity index is 0.00000130. The highest BCUT2D eigenvalue weighted by atomic mass is 16.5. The molecule has 6 rings (SSSR count). The molecule has 2 aromatic heterocycles. The van der Waals surface area contributed by atoms with Gasteiger partial charge in [0, 0.05) is 45.4 Å². The molecule has 1 atom stereocenters. The number of nitrogens with one attached hydrogen (secondary N) is 4. The van der Waals surface area contributed by atoms with E-state index in [9.17, 15) is 19.2 Å². The van der Waals surface area contributed by atoms with Crippen LogP contribution >= 0.6 is 0 Å². The van der Waals surface area contributed by atoms with Crippen molar-refractivity contribution in [2.45, 2.75) is 86.0 Å². The van der Waals surface area contributed by atoms with Crippen LogP contribution in [-0.4, -0.2) is 120 Å². The highest BCUT2D eigenvalue weighted by Crippen LogP contribution is 2.42. The number of aromatic nitrogens is 4. The number of fused-ring (bicyclic) bond motifs is 6. The van der Waals surface area contributed by atoms with Gasteiger partial charge in [-0.15, -0.1) is 12.8 Å². The van der Waals surface area contributed by atoms with Gasteiger partial charge in [0.1, 0.15) is 36.6 Å². The molecule has 64 heavy (non-hydrogen) atoms. The maximum absolute atomic E-state index is 13.4. The number of nitrogens with zero attached hydrogens (tertiary/aromatic N) is 4. The number of rotatable bonds is 14. The van der Waals surface area contributed by atoms with Crippen molar-refractivity contribution in [3.8, 4) is 41.0 Å². The number of imidazole rings is 2. The number of aliphatic hydroxyl groups excluding tert-OH is 1. The summed E-state index contributed by atoms with van der Waals surface area (Å²) in [5, 5.41) is 14.0. The number of H-pyrrole nitrogens is 2. The molecule has 17 nitrogen and oxygen atoms in total. The number of benzene rings is 3. The van der Waals surface area contributed by atoms with Crippen LogP contribution in [0, 0.1) is 12.8 Å². The van der Waals surface area contributed by atoms with Gasteiger partial charge in [-0.3, -0.25) is 9.59 Å². The Bertz CT molecular complexity index is 2270. The second-order valence-electron chi connectivity index (χ2n) is 14.3. The summed E-state index contributed by atoms with van der Waals surface area (Å²) in [6, 6.07) is 13.7. The number of aromatic amines is 2. The number of amides is 4. The molecule has 3 aromatic carbocycles. The molecule has 0 bridgehead atoms. The third kappa shape index (κ3) is 14.5. The molecule has 5 aromatic rings. The van der Waals surface area contributed by atoms with E-state index in [0.717, 1.165) is 75.5 Å². The van der Waals surface area contributed by atoms with Crippen molar-refractivity contribution in [1.82, 2.24) is 40.4 Å². The van der Waals surface area contributed by atoms with Gasteiger partial charge in [0.05, 0.1) is 50.2 Å². The van der Waals surface area contributed by atoms with Crippen molar-refractivity contribution in [2.75, 3.05) is 55.2 Å². The Morgan fingerprint density at radius 1 is 0.844 bits per heavy atom. The van der Waals surface area contributed by atoms with Crippen LogP contribution in [0.25, 0.3) is 44.2 Å². The average Bonchev–Trinajstić information content (AvgIpc) is 3.97. The molecule has 0 spiro atoms. The largest absolute Gasteiger partial charge is 0.488 e. The number of alkyl carbamates (subject to hydrolysis) is 2. The van der Waals surface area contributed by atoms with Gasteiger partial charge in [0.2, 0.25) is 11.8 Å². The topological polar surface area (TPSA) is 213 Å². The summed E-state index contributed by atoms with van der Waals surface area (Å²) in [5.74, 6) is 1.62. The van der Waals surface area contributed by atoms with Gasteiger partial charge < -0.3 is 54.5 Å². The third-order valence-electron chi connectivity index (χ3n) is 9.42. The fraction of sp³-hybridized carbons (Fsp3) is 0.447. The summed E-state index contributed by atoms with van der Waals surface area (Å²) in [5.41, 5.74) is 6.47. The van der Waals surface area contributed by atoms with Crippen LogP contribution in [0.1, 0.15) is 77.5 Å². The van der Waals surface area contributed by atoms with E-state index >= 15 is 0 Å². The second-order valence-corrected chi connectivity index (χ2v) is 14.3. The van der Waals surface area contributed by atoms with Crippen molar-refractivity contribution < 1.29 is 43.2 Å². The molecule has 1 aliphatic rings. The van der Waals surface area contributed by atoms with E-state index in [2.05, 4.69) is 86.0 Å². The van der Waals surface area contributed by atoms with Crippen molar-refractivity contribution in [1.29, 1.82) is 0 Å². The number of hydrogen-bond acceptors (Lipinski definition) is 11. The molecule has 3 heterocycles. The quantitative estimate of drug-likeness (QED) is 0.0705. The third-order valence-corrected chi connectivity index (χ3v) is 9.42. The molecule has 0 unspecified atom stereocenters. The lowest BCUT2D eigenvalue weighted by Crippen LogP contribution is -2.48. The normalized spacial score (nSPS) is 11.1. The van der Waals surface area contributed by atoms with Gasteiger partial charge in [-0.05, 0) is 65.6 Å². The van der Waals surface area contributed by atoms with Crippen molar-refractivity contribution in [3.05, 3.63) is 65.9 Å². The van der Waals surface area contributed by atoms with Crippen LogP contribution in [0.2, 0.25) is 0 Å². The van der Waals surface area contributed by atoms with Crippen LogP contribution in [0.15, 0.2) is 48.7 Å². The Labute approximate surface area is 376 Å². The summed E-state index contributed by atoms with van der Waals surface area (Å²) >= 11 is 0. The SMILES string of the molecule is C#C.CCC.CCCN(Cc1ncc(-c2ccc3c(c2)COc2cc4c(ccc5[nH]c(CN(CCC)C(=O)[C@H](CC)NC(=O)OC)nc54)cc2-3)[nH]1)C(=O)CNC(=O)OC.CO.COC. The Hall–Kier alpha value is -6.64. The summed E-state index contributed by atoms with van der Waals surface area (Å²) in [4.78, 5) is 69.0. The van der Waals surface area contributed by atoms with Crippen molar-refractivity contribution in [3.63, 3.8) is 0 Å². The van der Waals surface area contributed by atoms with Crippen LogP contribution in [0.4, 0.5) is 9.59 Å². The molecule has 348 valence electrons. The van der Waals surface area contributed by atoms with E-state index in [4.69, 9.17) is 19.6 Å². The lowest BCUT2D eigenvalue weighted by atomic mass is 9.92. The zero-order valence-electron chi connectivity index (χ0n) is 38.9. The molecule has 4 amide bonds. The zero-order valence-corrected chi connectivity index (χ0v) is 38.9. The van der Waals surface area contributed by atoms with E-state index in [1.807, 2.05) is 39.0 Å². The number of terminal acetylenes is 1. The first-order valence-electron chi connectivity index (χ1n) is 21.2. The number of carbonyl (C=O) groups is 4. The van der Waals surface area contributed by atoms with Gasteiger partial charge in [0.25, 0.3) is 0 Å². The first-order chi connectivity index (χ1) is 31.0. The maximum atomic E-state index is 13.4. The van der Waals surface area contributed by atoms with Gasteiger partial charge in [-0.1, -0.05) is 59.2 Å². The summed E-state index contributed by atoms with van der Waals surface area (Å²) in [7, 11) is 6.78. The Morgan fingerprint density at radius 2 is 1.48 bits per heavy atom. The van der Waals surface area contributed by atoms with Gasteiger partial charge in [-0.2, -0.15) is 0 Å². The number of aliphatic hydroxyl groups is 1. The number of ether oxygens (including phenoxy) is 4. The highest BCUT2D eigenvalue weighted by molar-refractivity contribution is 6.07. The molecular formula is C47H66N8O9. The van der Waals surface area contributed by atoms with E-state index < -0.39 is 18.2 Å². The molecule has 0 saturated carbocycles. The smallest absolute Gasteiger partial charge is 0.407 e. The zero-order chi connectivity index (χ0) is 47.8. The van der Waals surface area contributed by atoms with E-state index in [0.29, 0.717) is 37.8 Å². The van der Waals surface area contributed by atoms with E-state index in [1.54, 1.807) is 30.2 Å². The van der Waals surface area contributed by atoms with Crippen molar-refractivity contribution >= 4 is 45.8 Å². The molecule has 0 radical (unpaired) electrons. The van der Waals surface area contributed by atoms with Crippen LogP contribution < -0.4 is 15.4 Å². The standard InChI is InChI=1S/C39H46N8O7.C3H8.C2H6O.C2H2.CH4O/c1-6-13-46(35(48)19-41-38(50)52-4)20-33-40-18-31(43-33)24-9-11-26-25(15-24)22-54-32-17-27-23(16-28(26)32)10-12-30-36(27)45-34(42-30)21-47(14-7-2)37(49)29(8-3)44-39(51)53-5;2*1-3-2;2*1-2/h9-12,15-18,29H,6-8,13-14,19-22H2,1-5H3,(H,40,43)(H,41,50)(H,42,45)(H,44,51);3H2,1-2H3;1-2H3;1-2H;2H,1H3/t29-;;;;/m0..../s1. The first-order valence-corrected chi connectivity index (χ1v) is 21.2. The summed E-state index contributed by atoms with van der Waals surface area (Å²) in [6.45, 7) is 11.9. The van der Waals surface area contributed by atoms with Crippen molar-refractivity contribution in [2.24, 2.45) is 0 Å². The maximum Gasteiger partial charge on any atom is 0.407 e. The summed E-state index contributed by atoms with van der Waals surface area (Å²) in [6.07, 6.45) is 11.6. The van der Waals surface area contributed by atoms with E-state index in [-0.39, 0.29) is 31.4 Å². The fourth-order valence-electron chi connectivity index (χ4n) is 6.72. The predicted molar refractivity (Wildman–Crippen MR) is 249 cm³/mol. The number of hydrogen-bond donors (Lipinski definition) is 5. The summed E-state index contributed by atoms with van der Waals surface area (Å²) < 4.78 is 19.9. The highest BCUT2D eigenvalue weighted by Gasteiger charge is 2.26. The predicted octanol–water partition coefficient (Wildman–Crippen LogP) is 7.17. The first kappa shape index (κ1) is 53.5. The van der Waals surface area contributed by atoms with Crippen LogP contribution in [-0.2, 0) is 43.5 Å². The van der Waals surface area contributed by atoms with E-state index in [1.165, 1.54) is 20.6 Å². The monoisotopic (exact) mass is 886 g/mol. The Kier molecular flexibility index (Phi) is 23.5. The molecule has 0 saturated heterocycles. The molecule has 5 N–H and O–H groups in total.